The van der Waals surface area contributed by atoms with Gasteiger partial charge in [-0.15, -0.1) is 0 Å². The number of hydrogen-bond acceptors (Lipinski definition) is 4. The summed E-state index contributed by atoms with van der Waals surface area (Å²) in [7, 11) is 0. The summed E-state index contributed by atoms with van der Waals surface area (Å²) in [6, 6.07) is 26.2. The van der Waals surface area contributed by atoms with Crippen molar-refractivity contribution in [2.45, 2.75) is 51.4 Å². The Hall–Kier alpha value is -3.74. The second-order valence-corrected chi connectivity index (χ2v) is 11.3. The fraction of sp³-hybridized carbons (Fsp3) is 0.303. The van der Waals surface area contributed by atoms with Crippen molar-refractivity contribution >= 4 is 40.0 Å². The Morgan fingerprint density at radius 1 is 0.925 bits per heavy atom. The maximum absolute atomic E-state index is 14.2. The van der Waals surface area contributed by atoms with Crippen LogP contribution in [0.25, 0.3) is 10.9 Å². The minimum Gasteiger partial charge on any atom is -0.333 e. The number of fused-ring (bicyclic) bond motifs is 4. The minimum absolute atomic E-state index is 0.0101. The molecule has 0 spiro atoms. The van der Waals surface area contributed by atoms with Crippen LogP contribution in [0.15, 0.2) is 85.1 Å². The number of amides is 2. The number of pyridine rings is 1. The summed E-state index contributed by atoms with van der Waals surface area (Å²) in [4.78, 5) is 37.9. The standard InChI is InChI=1S/C33H33ClN4O2/c1-23(39)37-18-16-29-13-14-30(38(29)20-24-8-11-28(34)12-9-24)22-36(21-27-5-2-3-7-32(27)37)33(40)26-10-15-31-25(19-26)6-4-17-35-31/h2-12,15,17,19,29-30H,13-14,16,18,20-22H2,1H3/t29-,30+/m1/s1. The van der Waals surface area contributed by atoms with Gasteiger partial charge in [-0.05, 0) is 72.9 Å². The lowest BCUT2D eigenvalue weighted by molar-refractivity contribution is -0.116. The van der Waals surface area contributed by atoms with E-state index in [-0.39, 0.29) is 17.9 Å². The normalized spacial score (nSPS) is 19.8. The van der Waals surface area contributed by atoms with Crippen molar-refractivity contribution in [1.82, 2.24) is 14.8 Å². The van der Waals surface area contributed by atoms with Crippen LogP contribution in [0.3, 0.4) is 0 Å². The summed E-state index contributed by atoms with van der Waals surface area (Å²) in [5, 5.41) is 1.67. The molecule has 2 aliphatic rings. The summed E-state index contributed by atoms with van der Waals surface area (Å²) in [5.41, 5.74) is 4.58. The second kappa shape index (κ2) is 11.4. The van der Waals surface area contributed by atoms with Gasteiger partial charge in [0.15, 0.2) is 0 Å². The number of rotatable bonds is 3. The number of hydrogen-bond donors (Lipinski definition) is 0. The predicted molar refractivity (Wildman–Crippen MR) is 159 cm³/mol. The molecule has 2 atom stereocenters. The third kappa shape index (κ3) is 5.47. The van der Waals surface area contributed by atoms with Gasteiger partial charge in [0.1, 0.15) is 0 Å². The molecule has 2 bridgehead atoms. The predicted octanol–water partition coefficient (Wildman–Crippen LogP) is 6.32. The molecular weight excluding hydrogens is 520 g/mol. The van der Waals surface area contributed by atoms with Gasteiger partial charge in [0, 0.05) is 73.0 Å². The van der Waals surface area contributed by atoms with Crippen molar-refractivity contribution in [3.8, 4) is 0 Å². The van der Waals surface area contributed by atoms with Crippen LogP contribution >= 0.6 is 11.6 Å². The molecule has 0 aliphatic carbocycles. The first-order valence-corrected chi connectivity index (χ1v) is 14.3. The van der Waals surface area contributed by atoms with E-state index >= 15 is 0 Å². The van der Waals surface area contributed by atoms with E-state index in [1.165, 1.54) is 5.56 Å². The van der Waals surface area contributed by atoms with E-state index in [9.17, 15) is 9.59 Å². The Labute approximate surface area is 240 Å². The molecule has 204 valence electrons. The van der Waals surface area contributed by atoms with E-state index in [4.69, 9.17) is 11.6 Å². The fourth-order valence-electron chi connectivity index (χ4n) is 6.28. The smallest absolute Gasteiger partial charge is 0.254 e. The molecule has 1 fully saturated rings. The Morgan fingerprint density at radius 3 is 2.55 bits per heavy atom. The van der Waals surface area contributed by atoms with Gasteiger partial charge >= 0.3 is 0 Å². The highest BCUT2D eigenvalue weighted by atomic mass is 35.5. The number of halogens is 1. The lowest BCUT2D eigenvalue weighted by Crippen LogP contribution is -2.45. The Kier molecular flexibility index (Phi) is 7.55. The average molecular weight is 553 g/mol. The number of para-hydroxylation sites is 1. The molecule has 6 rings (SSSR count). The summed E-state index contributed by atoms with van der Waals surface area (Å²) in [6.45, 7) is 4.10. The SMILES string of the molecule is CC(=O)N1CC[C@H]2CC[C@@H](CN(C(=O)c3ccc4ncccc4c3)Cc3ccccc31)N2Cc1ccc(Cl)cc1. The quantitative estimate of drug-likeness (QED) is 0.298. The van der Waals surface area contributed by atoms with Gasteiger partial charge in [0.05, 0.1) is 5.52 Å². The average Bonchev–Trinajstić information content (AvgIpc) is 3.33. The molecular formula is C33H33ClN4O2. The van der Waals surface area contributed by atoms with Crippen LogP contribution in [0.1, 0.15) is 47.7 Å². The van der Waals surface area contributed by atoms with E-state index in [2.05, 4.69) is 22.0 Å². The molecule has 0 unspecified atom stereocenters. The van der Waals surface area contributed by atoms with Gasteiger partial charge in [-0.25, -0.2) is 0 Å². The molecule has 1 aromatic heterocycles. The second-order valence-electron chi connectivity index (χ2n) is 10.9. The molecule has 4 aromatic rings. The van der Waals surface area contributed by atoms with Gasteiger partial charge in [0.25, 0.3) is 5.91 Å². The molecule has 2 aliphatic heterocycles. The zero-order valence-corrected chi connectivity index (χ0v) is 23.4. The highest BCUT2D eigenvalue weighted by Gasteiger charge is 2.37. The molecule has 3 aromatic carbocycles. The molecule has 1 saturated heterocycles. The first kappa shape index (κ1) is 26.5. The Balaban J connectivity index is 1.39. The number of benzene rings is 3. The van der Waals surface area contributed by atoms with Crippen molar-refractivity contribution in [2.24, 2.45) is 0 Å². The van der Waals surface area contributed by atoms with Crippen molar-refractivity contribution in [2.75, 3.05) is 18.0 Å². The maximum Gasteiger partial charge on any atom is 0.254 e. The van der Waals surface area contributed by atoms with Crippen molar-refractivity contribution in [3.05, 3.63) is 107 Å². The number of carbonyl (C=O) groups is 2. The van der Waals surface area contributed by atoms with Crippen LogP contribution in [-0.2, 0) is 17.9 Å². The third-order valence-corrected chi connectivity index (χ3v) is 8.58. The van der Waals surface area contributed by atoms with E-state index in [1.807, 2.05) is 76.5 Å². The van der Waals surface area contributed by atoms with E-state index in [1.54, 1.807) is 13.1 Å². The monoisotopic (exact) mass is 552 g/mol. The van der Waals surface area contributed by atoms with Gasteiger partial charge < -0.3 is 9.80 Å². The van der Waals surface area contributed by atoms with Crippen LogP contribution < -0.4 is 4.90 Å². The van der Waals surface area contributed by atoms with Crippen LogP contribution in [0, 0.1) is 0 Å². The zero-order chi connectivity index (χ0) is 27.6. The van der Waals surface area contributed by atoms with E-state index < -0.39 is 0 Å². The van der Waals surface area contributed by atoms with Crippen molar-refractivity contribution in [3.63, 3.8) is 0 Å². The Morgan fingerprint density at radius 2 is 1.73 bits per heavy atom. The molecule has 3 heterocycles. The van der Waals surface area contributed by atoms with Gasteiger partial charge in [-0.3, -0.25) is 19.5 Å². The van der Waals surface area contributed by atoms with Crippen molar-refractivity contribution < 1.29 is 9.59 Å². The van der Waals surface area contributed by atoms with E-state index in [0.717, 1.165) is 53.0 Å². The molecule has 2 amide bonds. The Bertz CT molecular complexity index is 1540. The lowest BCUT2D eigenvalue weighted by atomic mass is 10.1. The number of carbonyl (C=O) groups excluding carboxylic acids is 2. The van der Waals surface area contributed by atoms with Crippen LogP contribution in [0.4, 0.5) is 5.69 Å². The third-order valence-electron chi connectivity index (χ3n) is 8.33. The fourth-order valence-corrected chi connectivity index (χ4v) is 6.41. The highest BCUT2D eigenvalue weighted by Crippen LogP contribution is 2.33. The van der Waals surface area contributed by atoms with Gasteiger partial charge in [-0.1, -0.05) is 48.0 Å². The van der Waals surface area contributed by atoms with Crippen LogP contribution in [0.5, 0.6) is 0 Å². The maximum atomic E-state index is 14.2. The molecule has 0 N–H and O–H groups in total. The summed E-state index contributed by atoms with van der Waals surface area (Å²) in [6.07, 6.45) is 4.69. The lowest BCUT2D eigenvalue weighted by Gasteiger charge is -2.34. The van der Waals surface area contributed by atoms with Gasteiger partial charge in [0.2, 0.25) is 5.91 Å². The molecule has 0 saturated carbocycles. The highest BCUT2D eigenvalue weighted by molar-refractivity contribution is 6.30. The topological polar surface area (TPSA) is 56.8 Å². The number of nitrogens with zero attached hydrogens (tertiary/aromatic N) is 4. The van der Waals surface area contributed by atoms with Crippen molar-refractivity contribution in [1.29, 1.82) is 0 Å². The summed E-state index contributed by atoms with van der Waals surface area (Å²) >= 11 is 6.17. The zero-order valence-electron chi connectivity index (χ0n) is 22.7. The number of aromatic nitrogens is 1. The van der Waals surface area contributed by atoms with Crippen LogP contribution in [-0.4, -0.2) is 51.8 Å². The minimum atomic E-state index is -0.0101. The van der Waals surface area contributed by atoms with E-state index in [0.29, 0.717) is 31.2 Å². The number of anilines is 1. The van der Waals surface area contributed by atoms with Crippen LogP contribution in [0.2, 0.25) is 5.02 Å². The first-order valence-electron chi connectivity index (χ1n) is 14.0. The molecule has 40 heavy (non-hydrogen) atoms. The summed E-state index contributed by atoms with van der Waals surface area (Å²) in [5.74, 6) is 0.00877. The van der Waals surface area contributed by atoms with Gasteiger partial charge in [-0.2, -0.15) is 0 Å². The molecule has 0 radical (unpaired) electrons. The molecule has 7 heteroatoms. The summed E-state index contributed by atoms with van der Waals surface area (Å²) < 4.78 is 0. The largest absolute Gasteiger partial charge is 0.333 e. The first-order chi connectivity index (χ1) is 19.5. The molecule has 6 nitrogen and oxygen atoms in total.